The number of hydrogen-bond acceptors (Lipinski definition) is 5. The second-order valence-electron chi connectivity index (χ2n) is 7.60. The van der Waals surface area contributed by atoms with Crippen LogP contribution in [0.1, 0.15) is 31.7 Å². The summed E-state index contributed by atoms with van der Waals surface area (Å²) in [5.74, 6) is -1.79. The van der Waals surface area contributed by atoms with E-state index in [-0.39, 0.29) is 18.0 Å². The molecule has 1 aromatic carbocycles. The van der Waals surface area contributed by atoms with Crippen LogP contribution in [-0.4, -0.2) is 79.5 Å². The van der Waals surface area contributed by atoms with E-state index in [2.05, 4.69) is 5.32 Å². The Kier molecular flexibility index (Phi) is 6.77. The Morgan fingerprint density at radius 3 is 2.30 bits per heavy atom. The zero-order valence-electron chi connectivity index (χ0n) is 17.4. The first-order valence-electron chi connectivity index (χ1n) is 10.2. The molecule has 0 unspecified atom stereocenters. The number of amides is 3. The molecule has 0 radical (unpaired) electrons. The van der Waals surface area contributed by atoms with Crippen molar-refractivity contribution in [2.24, 2.45) is 0 Å². The summed E-state index contributed by atoms with van der Waals surface area (Å²) in [4.78, 5) is 39.4. The van der Waals surface area contributed by atoms with Crippen molar-refractivity contribution in [2.75, 3.05) is 44.6 Å². The van der Waals surface area contributed by atoms with E-state index in [1.54, 1.807) is 26.0 Å². The van der Waals surface area contributed by atoms with Crippen LogP contribution in [0.2, 0.25) is 0 Å². The minimum atomic E-state index is -3.64. The standard InChI is InChI=1S/C20H28N4O5S/c1-3-22-11-12-23(20(27)19(22)26)14-18(25)21-16-8-7-15(2)17(13-16)30(28,29)24-9-5-4-6-10-24/h7-8,13H,3-6,9-12,14H2,1-2H3,(H,21,25). The highest BCUT2D eigenvalue weighted by atomic mass is 32.2. The fourth-order valence-electron chi connectivity index (χ4n) is 3.74. The Bertz CT molecular complexity index is 941. The van der Waals surface area contributed by atoms with Crippen molar-refractivity contribution < 1.29 is 22.8 Å². The number of anilines is 1. The van der Waals surface area contributed by atoms with E-state index in [0.717, 1.165) is 19.3 Å². The topological polar surface area (TPSA) is 107 Å². The molecule has 0 spiro atoms. The molecular formula is C20H28N4O5S. The summed E-state index contributed by atoms with van der Waals surface area (Å²) in [5, 5.41) is 2.65. The van der Waals surface area contributed by atoms with Crippen molar-refractivity contribution in [1.29, 1.82) is 0 Å². The lowest BCUT2D eigenvalue weighted by molar-refractivity contribution is -0.156. The van der Waals surface area contributed by atoms with E-state index in [9.17, 15) is 22.8 Å². The number of rotatable bonds is 6. The van der Waals surface area contributed by atoms with Crippen molar-refractivity contribution in [3.8, 4) is 0 Å². The van der Waals surface area contributed by atoms with Gasteiger partial charge < -0.3 is 15.1 Å². The van der Waals surface area contributed by atoms with Crippen molar-refractivity contribution in [3.05, 3.63) is 23.8 Å². The molecule has 10 heteroatoms. The Morgan fingerprint density at radius 1 is 1.00 bits per heavy atom. The summed E-state index contributed by atoms with van der Waals surface area (Å²) < 4.78 is 27.5. The number of nitrogens with one attached hydrogen (secondary N) is 1. The third kappa shape index (κ3) is 4.65. The first-order valence-corrected chi connectivity index (χ1v) is 11.7. The number of sulfonamides is 1. The van der Waals surface area contributed by atoms with Gasteiger partial charge in [-0.1, -0.05) is 12.5 Å². The second kappa shape index (κ2) is 9.13. The van der Waals surface area contributed by atoms with Gasteiger partial charge in [-0.3, -0.25) is 14.4 Å². The van der Waals surface area contributed by atoms with E-state index in [4.69, 9.17) is 0 Å². The van der Waals surface area contributed by atoms with Gasteiger partial charge in [0, 0.05) is 38.4 Å². The first kappa shape index (κ1) is 22.2. The Hall–Kier alpha value is -2.46. The predicted octanol–water partition coefficient (Wildman–Crippen LogP) is 0.799. The fourth-order valence-corrected chi connectivity index (χ4v) is 5.51. The molecule has 3 rings (SSSR count). The fraction of sp³-hybridized carbons (Fsp3) is 0.550. The van der Waals surface area contributed by atoms with Gasteiger partial charge in [0.1, 0.15) is 6.54 Å². The van der Waals surface area contributed by atoms with E-state index in [0.29, 0.717) is 37.4 Å². The number of piperazine rings is 1. The number of nitrogens with zero attached hydrogens (tertiary/aromatic N) is 3. The number of carbonyl (C=O) groups is 3. The van der Waals surface area contributed by atoms with Gasteiger partial charge in [0.25, 0.3) is 0 Å². The molecule has 1 aromatic rings. The molecule has 0 aromatic heterocycles. The number of hydrogen-bond donors (Lipinski definition) is 1. The van der Waals surface area contributed by atoms with Crippen LogP contribution in [0.4, 0.5) is 5.69 Å². The van der Waals surface area contributed by atoms with Crippen LogP contribution in [0, 0.1) is 6.92 Å². The van der Waals surface area contributed by atoms with Gasteiger partial charge in [-0.15, -0.1) is 0 Å². The average molecular weight is 437 g/mol. The predicted molar refractivity (Wildman–Crippen MR) is 111 cm³/mol. The lowest BCUT2D eigenvalue weighted by atomic mass is 10.2. The largest absolute Gasteiger partial charge is 0.333 e. The number of carbonyl (C=O) groups excluding carboxylic acids is 3. The third-order valence-electron chi connectivity index (χ3n) is 5.52. The molecule has 2 fully saturated rings. The molecule has 0 bridgehead atoms. The first-order chi connectivity index (χ1) is 14.2. The summed E-state index contributed by atoms with van der Waals surface area (Å²) >= 11 is 0. The van der Waals surface area contributed by atoms with E-state index >= 15 is 0 Å². The highest BCUT2D eigenvalue weighted by Crippen LogP contribution is 2.26. The SMILES string of the molecule is CCN1CCN(CC(=O)Nc2ccc(C)c(S(=O)(=O)N3CCCCC3)c2)C(=O)C1=O. The molecular weight excluding hydrogens is 408 g/mol. The zero-order valence-corrected chi connectivity index (χ0v) is 18.2. The Morgan fingerprint density at radius 2 is 1.63 bits per heavy atom. The van der Waals surface area contributed by atoms with E-state index in [1.165, 1.54) is 20.2 Å². The summed E-state index contributed by atoms with van der Waals surface area (Å²) in [6.07, 6.45) is 2.70. The molecule has 0 saturated carbocycles. The monoisotopic (exact) mass is 436 g/mol. The van der Waals surface area contributed by atoms with Gasteiger partial charge >= 0.3 is 11.8 Å². The van der Waals surface area contributed by atoms with Crippen LogP contribution in [0.15, 0.2) is 23.1 Å². The molecule has 164 valence electrons. The second-order valence-corrected chi connectivity index (χ2v) is 9.51. The van der Waals surface area contributed by atoms with Gasteiger partial charge in [0.2, 0.25) is 15.9 Å². The van der Waals surface area contributed by atoms with Gasteiger partial charge in [0.05, 0.1) is 4.90 Å². The Balaban J connectivity index is 1.70. The average Bonchev–Trinajstić information content (AvgIpc) is 2.73. The van der Waals surface area contributed by atoms with Crippen LogP contribution in [0.25, 0.3) is 0 Å². The van der Waals surface area contributed by atoms with Crippen LogP contribution in [0.3, 0.4) is 0 Å². The summed E-state index contributed by atoms with van der Waals surface area (Å²) in [7, 11) is -3.64. The molecule has 1 N–H and O–H groups in total. The van der Waals surface area contributed by atoms with E-state index in [1.807, 2.05) is 0 Å². The molecule has 0 aliphatic carbocycles. The molecule has 2 aliphatic heterocycles. The normalized spacial score (nSPS) is 18.6. The van der Waals surface area contributed by atoms with Crippen molar-refractivity contribution in [3.63, 3.8) is 0 Å². The molecule has 2 aliphatic rings. The molecule has 2 saturated heterocycles. The maximum atomic E-state index is 13.0. The van der Waals surface area contributed by atoms with Gasteiger partial charge in [-0.25, -0.2) is 8.42 Å². The van der Waals surface area contributed by atoms with Crippen LogP contribution >= 0.6 is 0 Å². The van der Waals surface area contributed by atoms with Gasteiger partial charge in [-0.2, -0.15) is 4.31 Å². The molecule has 9 nitrogen and oxygen atoms in total. The minimum absolute atomic E-state index is 0.171. The van der Waals surface area contributed by atoms with Crippen LogP contribution < -0.4 is 5.32 Å². The highest BCUT2D eigenvalue weighted by molar-refractivity contribution is 7.89. The third-order valence-corrected chi connectivity index (χ3v) is 7.56. The van der Waals surface area contributed by atoms with Crippen molar-refractivity contribution in [1.82, 2.24) is 14.1 Å². The number of likely N-dealkylation sites (N-methyl/N-ethyl adjacent to an activating group) is 1. The maximum Gasteiger partial charge on any atom is 0.312 e. The van der Waals surface area contributed by atoms with Crippen molar-refractivity contribution >= 4 is 33.4 Å². The van der Waals surface area contributed by atoms with E-state index < -0.39 is 27.7 Å². The summed E-state index contributed by atoms with van der Waals surface area (Å²) in [5.41, 5.74) is 0.946. The number of aryl methyl sites for hydroxylation is 1. The summed E-state index contributed by atoms with van der Waals surface area (Å²) in [6, 6.07) is 4.74. The molecule has 3 amide bonds. The molecule has 0 atom stereocenters. The lowest BCUT2D eigenvalue weighted by Crippen LogP contribution is -2.55. The molecule has 30 heavy (non-hydrogen) atoms. The highest BCUT2D eigenvalue weighted by Gasteiger charge is 2.33. The van der Waals surface area contributed by atoms with Gasteiger partial charge in [-0.05, 0) is 44.4 Å². The van der Waals surface area contributed by atoms with Crippen molar-refractivity contribution in [2.45, 2.75) is 38.0 Å². The molecule has 2 heterocycles. The van der Waals surface area contributed by atoms with Gasteiger partial charge in [0.15, 0.2) is 0 Å². The van der Waals surface area contributed by atoms with Crippen LogP contribution in [0.5, 0.6) is 0 Å². The summed E-state index contributed by atoms with van der Waals surface area (Å²) in [6.45, 7) is 5.37. The number of benzene rings is 1. The quantitative estimate of drug-likeness (QED) is 0.664. The lowest BCUT2D eigenvalue weighted by Gasteiger charge is -2.32. The maximum absolute atomic E-state index is 13.0. The number of piperidine rings is 1. The minimum Gasteiger partial charge on any atom is -0.333 e. The van der Waals surface area contributed by atoms with Crippen LogP contribution in [-0.2, 0) is 24.4 Å². The Labute approximate surface area is 177 Å². The smallest absolute Gasteiger partial charge is 0.312 e. The zero-order chi connectivity index (χ0) is 21.9.